The van der Waals surface area contributed by atoms with Crippen molar-refractivity contribution in [3.63, 3.8) is 0 Å². The van der Waals surface area contributed by atoms with E-state index in [1.807, 2.05) is 6.92 Å². The maximum Gasteiger partial charge on any atom is 0.274 e. The number of anilines is 1. The summed E-state index contributed by atoms with van der Waals surface area (Å²) in [5.41, 5.74) is 0.257. The maximum atomic E-state index is 12.5. The Labute approximate surface area is 130 Å². The number of rotatable bonds is 5. The van der Waals surface area contributed by atoms with Crippen LogP contribution < -0.4 is 5.32 Å². The minimum atomic E-state index is -3.02. The Hall–Kier alpha value is -1.70. The van der Waals surface area contributed by atoms with Gasteiger partial charge in [-0.2, -0.15) is 0 Å². The monoisotopic (exact) mass is 324 g/mol. The Morgan fingerprint density at radius 2 is 2.09 bits per heavy atom. The van der Waals surface area contributed by atoms with Crippen LogP contribution in [0.5, 0.6) is 0 Å². The second-order valence-electron chi connectivity index (χ2n) is 5.87. The van der Waals surface area contributed by atoms with Gasteiger partial charge in [-0.05, 0) is 38.3 Å². The van der Waals surface area contributed by atoms with E-state index < -0.39 is 9.84 Å². The minimum absolute atomic E-state index is 0.0430. The minimum Gasteiger partial charge on any atom is -0.366 e. The molecule has 1 aromatic heterocycles. The van der Waals surface area contributed by atoms with Gasteiger partial charge in [0, 0.05) is 18.6 Å². The lowest BCUT2D eigenvalue weighted by Gasteiger charge is -2.26. The first kappa shape index (κ1) is 15.2. The molecule has 1 aliphatic carbocycles. The van der Waals surface area contributed by atoms with Crippen molar-refractivity contribution in [2.75, 3.05) is 23.4 Å². The molecule has 2 fully saturated rings. The molecule has 0 radical (unpaired) electrons. The second-order valence-corrected chi connectivity index (χ2v) is 8.10. The fraction of sp³-hybridized carbons (Fsp3) is 0.643. The summed E-state index contributed by atoms with van der Waals surface area (Å²) in [5.74, 6) is 0.610. The lowest BCUT2D eigenvalue weighted by atomic mass is 10.2. The second kappa shape index (κ2) is 5.83. The molecular weight excluding hydrogens is 304 g/mol. The Kier molecular flexibility index (Phi) is 4.03. The topological polar surface area (TPSA) is 92.3 Å². The molecule has 0 spiro atoms. The molecule has 1 atom stereocenters. The molecule has 2 heterocycles. The quantitative estimate of drug-likeness (QED) is 0.857. The van der Waals surface area contributed by atoms with Crippen LogP contribution in [0.2, 0.25) is 0 Å². The molecule has 1 amide bonds. The van der Waals surface area contributed by atoms with Crippen LogP contribution in [0.25, 0.3) is 0 Å². The van der Waals surface area contributed by atoms with Crippen LogP contribution in [-0.2, 0) is 9.84 Å². The van der Waals surface area contributed by atoms with Gasteiger partial charge in [0.05, 0.1) is 11.5 Å². The third kappa shape index (κ3) is 3.37. The highest BCUT2D eigenvalue weighted by Gasteiger charge is 2.34. The molecule has 1 unspecified atom stereocenters. The van der Waals surface area contributed by atoms with Gasteiger partial charge in [0.2, 0.25) is 0 Å². The van der Waals surface area contributed by atoms with Crippen molar-refractivity contribution in [2.24, 2.45) is 0 Å². The first-order valence-electron chi connectivity index (χ1n) is 7.60. The molecule has 22 heavy (non-hydrogen) atoms. The predicted octanol–water partition coefficient (Wildman–Crippen LogP) is 0.700. The van der Waals surface area contributed by atoms with Crippen molar-refractivity contribution in [2.45, 2.75) is 38.3 Å². The summed E-state index contributed by atoms with van der Waals surface area (Å²) >= 11 is 0. The molecule has 120 valence electrons. The SMILES string of the molecule is CCN(C(=O)c1ccc(NC2CC2)nn1)C1CCS(=O)(=O)C1. The zero-order valence-corrected chi connectivity index (χ0v) is 13.3. The third-order valence-corrected chi connectivity index (χ3v) is 5.81. The Bertz CT molecular complexity index is 655. The molecule has 8 heteroatoms. The molecule has 1 aliphatic heterocycles. The normalized spacial score (nSPS) is 23.2. The molecule has 7 nitrogen and oxygen atoms in total. The van der Waals surface area contributed by atoms with E-state index >= 15 is 0 Å². The van der Waals surface area contributed by atoms with Crippen LogP contribution >= 0.6 is 0 Å². The number of carbonyl (C=O) groups is 1. The van der Waals surface area contributed by atoms with Crippen molar-refractivity contribution in [1.29, 1.82) is 0 Å². The summed E-state index contributed by atoms with van der Waals surface area (Å²) in [6.45, 7) is 2.31. The number of nitrogens with zero attached hydrogens (tertiary/aromatic N) is 3. The number of nitrogens with one attached hydrogen (secondary N) is 1. The summed E-state index contributed by atoms with van der Waals surface area (Å²) in [6.07, 6.45) is 2.78. The number of amides is 1. The first-order valence-corrected chi connectivity index (χ1v) is 9.42. The lowest BCUT2D eigenvalue weighted by Crippen LogP contribution is -2.41. The van der Waals surface area contributed by atoms with Crippen LogP contribution in [0.3, 0.4) is 0 Å². The molecule has 1 N–H and O–H groups in total. The van der Waals surface area contributed by atoms with Gasteiger partial charge < -0.3 is 10.2 Å². The van der Waals surface area contributed by atoms with Crippen molar-refractivity contribution < 1.29 is 13.2 Å². The van der Waals surface area contributed by atoms with E-state index in [-0.39, 0.29) is 29.1 Å². The van der Waals surface area contributed by atoms with Crippen LogP contribution in [0, 0.1) is 0 Å². The zero-order chi connectivity index (χ0) is 15.7. The van der Waals surface area contributed by atoms with Gasteiger partial charge in [-0.3, -0.25) is 4.79 Å². The fourth-order valence-electron chi connectivity index (χ4n) is 2.70. The van der Waals surface area contributed by atoms with Gasteiger partial charge in [-0.15, -0.1) is 10.2 Å². The molecule has 1 saturated carbocycles. The predicted molar refractivity (Wildman–Crippen MR) is 82.4 cm³/mol. The average Bonchev–Trinajstić information content (AvgIpc) is 3.23. The summed E-state index contributed by atoms with van der Waals surface area (Å²) in [6, 6.07) is 3.62. The van der Waals surface area contributed by atoms with E-state index in [2.05, 4.69) is 15.5 Å². The number of hydrogen-bond donors (Lipinski definition) is 1. The van der Waals surface area contributed by atoms with Crippen LogP contribution in [-0.4, -0.2) is 59.6 Å². The molecule has 1 aromatic rings. The van der Waals surface area contributed by atoms with Gasteiger partial charge in [-0.25, -0.2) is 8.42 Å². The molecule has 0 bridgehead atoms. The Balaban J connectivity index is 1.70. The standard InChI is InChI=1S/C14H20N4O3S/c1-2-18(11-7-8-22(20,21)9-11)14(19)12-5-6-13(17-16-12)15-10-3-4-10/h5-6,10-11H,2-4,7-9H2,1H3,(H,15,17). The zero-order valence-electron chi connectivity index (χ0n) is 12.5. The van der Waals surface area contributed by atoms with E-state index in [4.69, 9.17) is 0 Å². The van der Waals surface area contributed by atoms with Gasteiger partial charge in [-0.1, -0.05) is 0 Å². The Morgan fingerprint density at radius 3 is 2.59 bits per heavy atom. The van der Waals surface area contributed by atoms with Gasteiger partial charge in [0.15, 0.2) is 15.5 Å². The lowest BCUT2D eigenvalue weighted by molar-refractivity contribution is 0.0701. The number of hydrogen-bond acceptors (Lipinski definition) is 6. The van der Waals surface area contributed by atoms with E-state index in [9.17, 15) is 13.2 Å². The highest BCUT2D eigenvalue weighted by atomic mass is 32.2. The van der Waals surface area contributed by atoms with Crippen molar-refractivity contribution in [1.82, 2.24) is 15.1 Å². The van der Waals surface area contributed by atoms with Crippen molar-refractivity contribution in [3.8, 4) is 0 Å². The van der Waals surface area contributed by atoms with E-state index in [1.165, 1.54) is 0 Å². The maximum absolute atomic E-state index is 12.5. The van der Waals surface area contributed by atoms with Gasteiger partial charge in [0.25, 0.3) is 5.91 Å². The summed E-state index contributed by atoms with van der Waals surface area (Å²) in [7, 11) is -3.02. The number of aromatic nitrogens is 2. The molecule has 3 rings (SSSR count). The summed E-state index contributed by atoms with van der Waals surface area (Å²) in [4.78, 5) is 14.1. The highest BCUT2D eigenvalue weighted by molar-refractivity contribution is 7.91. The smallest absolute Gasteiger partial charge is 0.274 e. The highest BCUT2D eigenvalue weighted by Crippen LogP contribution is 2.23. The fourth-order valence-corrected chi connectivity index (χ4v) is 4.43. The van der Waals surface area contributed by atoms with Crippen molar-refractivity contribution in [3.05, 3.63) is 17.8 Å². The molecule has 0 aromatic carbocycles. The summed E-state index contributed by atoms with van der Waals surface area (Å²) < 4.78 is 23.2. The third-order valence-electron chi connectivity index (χ3n) is 4.06. The Morgan fingerprint density at radius 1 is 1.32 bits per heavy atom. The van der Waals surface area contributed by atoms with Gasteiger partial charge >= 0.3 is 0 Å². The molecular formula is C14H20N4O3S. The number of carbonyl (C=O) groups excluding carboxylic acids is 1. The van der Waals surface area contributed by atoms with Crippen molar-refractivity contribution >= 4 is 21.6 Å². The van der Waals surface area contributed by atoms with Crippen LogP contribution in [0.1, 0.15) is 36.7 Å². The van der Waals surface area contributed by atoms with E-state index in [0.717, 1.165) is 12.8 Å². The first-order chi connectivity index (χ1) is 10.5. The largest absolute Gasteiger partial charge is 0.366 e. The van der Waals surface area contributed by atoms with E-state index in [0.29, 0.717) is 24.8 Å². The van der Waals surface area contributed by atoms with E-state index in [1.54, 1.807) is 17.0 Å². The molecule has 2 aliphatic rings. The van der Waals surface area contributed by atoms with Crippen LogP contribution in [0.4, 0.5) is 5.82 Å². The average molecular weight is 324 g/mol. The number of sulfone groups is 1. The summed E-state index contributed by atoms with van der Waals surface area (Å²) in [5, 5.41) is 11.2. The van der Waals surface area contributed by atoms with Crippen LogP contribution in [0.15, 0.2) is 12.1 Å². The van der Waals surface area contributed by atoms with Gasteiger partial charge in [0.1, 0.15) is 5.82 Å². The molecule has 1 saturated heterocycles.